The highest BCUT2D eigenvalue weighted by atomic mass is 15.1. The van der Waals surface area contributed by atoms with Gasteiger partial charge >= 0.3 is 0 Å². The van der Waals surface area contributed by atoms with Crippen LogP contribution in [0.3, 0.4) is 0 Å². The van der Waals surface area contributed by atoms with Crippen LogP contribution in [0.15, 0.2) is 18.2 Å². The molecular weight excluding hydrogens is 258 g/mol. The average molecular weight is 285 g/mol. The van der Waals surface area contributed by atoms with Crippen LogP contribution in [-0.2, 0) is 6.42 Å². The van der Waals surface area contributed by atoms with Crippen molar-refractivity contribution < 1.29 is 0 Å². The van der Waals surface area contributed by atoms with Crippen molar-refractivity contribution in [3.63, 3.8) is 0 Å². The van der Waals surface area contributed by atoms with Gasteiger partial charge < -0.3 is 10.3 Å². The first-order chi connectivity index (χ1) is 10.2. The lowest BCUT2D eigenvalue weighted by molar-refractivity contribution is 0.233. The van der Waals surface area contributed by atoms with E-state index in [9.17, 15) is 0 Å². The molecule has 0 radical (unpaired) electrons. The van der Waals surface area contributed by atoms with Gasteiger partial charge in [0.2, 0.25) is 0 Å². The molecule has 1 saturated carbocycles. The van der Waals surface area contributed by atoms with Crippen molar-refractivity contribution in [1.29, 1.82) is 0 Å². The van der Waals surface area contributed by atoms with Crippen LogP contribution < -0.4 is 5.73 Å². The fourth-order valence-electron chi connectivity index (χ4n) is 3.94. The number of anilines is 1. The van der Waals surface area contributed by atoms with Crippen LogP contribution >= 0.6 is 0 Å². The van der Waals surface area contributed by atoms with Crippen molar-refractivity contribution >= 4 is 16.7 Å². The number of imidazole rings is 1. The molecule has 2 atom stereocenters. The Morgan fingerprint density at radius 3 is 2.81 bits per heavy atom. The van der Waals surface area contributed by atoms with Gasteiger partial charge in [0.15, 0.2) is 0 Å². The van der Waals surface area contributed by atoms with Crippen molar-refractivity contribution in [3.05, 3.63) is 24.0 Å². The summed E-state index contributed by atoms with van der Waals surface area (Å²) in [6, 6.07) is 6.83. The van der Waals surface area contributed by atoms with E-state index in [4.69, 9.17) is 10.7 Å². The number of fused-ring (bicyclic) bond motifs is 1. The summed E-state index contributed by atoms with van der Waals surface area (Å²) in [7, 11) is 0. The topological polar surface area (TPSA) is 43.8 Å². The molecular formula is C18H27N3. The maximum absolute atomic E-state index is 5.94. The minimum atomic E-state index is 0.624. The molecule has 114 valence electrons. The van der Waals surface area contributed by atoms with Crippen molar-refractivity contribution in [2.75, 3.05) is 5.73 Å². The van der Waals surface area contributed by atoms with E-state index in [1.165, 1.54) is 43.4 Å². The summed E-state index contributed by atoms with van der Waals surface area (Å²) < 4.78 is 2.55. The number of nitrogens with zero attached hydrogens (tertiary/aromatic N) is 2. The highest BCUT2D eigenvalue weighted by Crippen LogP contribution is 2.39. The molecule has 0 saturated heterocycles. The Labute approximate surface area is 127 Å². The maximum atomic E-state index is 5.94. The molecule has 0 spiro atoms. The van der Waals surface area contributed by atoms with Gasteiger partial charge in [-0.2, -0.15) is 0 Å². The van der Waals surface area contributed by atoms with Crippen LogP contribution in [0.5, 0.6) is 0 Å². The van der Waals surface area contributed by atoms with E-state index in [0.717, 1.165) is 30.0 Å². The molecule has 0 bridgehead atoms. The molecule has 2 aromatic rings. The molecule has 1 aromatic heterocycles. The number of rotatable bonds is 4. The van der Waals surface area contributed by atoms with Gasteiger partial charge in [0, 0.05) is 18.2 Å². The SMILES string of the molecule is CCCc1nc2cc(N)ccc2n1C1CCCCC1CC. The van der Waals surface area contributed by atoms with Gasteiger partial charge in [-0.1, -0.05) is 33.1 Å². The average Bonchev–Trinajstić information content (AvgIpc) is 2.84. The number of nitrogens with two attached hydrogens (primary N) is 1. The van der Waals surface area contributed by atoms with Gasteiger partial charge in [0.1, 0.15) is 5.82 Å². The summed E-state index contributed by atoms with van der Waals surface area (Å²) >= 11 is 0. The fraction of sp³-hybridized carbons (Fsp3) is 0.611. The number of nitrogen functional groups attached to an aromatic ring is 1. The van der Waals surface area contributed by atoms with Gasteiger partial charge in [0.05, 0.1) is 11.0 Å². The van der Waals surface area contributed by atoms with E-state index in [1.807, 2.05) is 12.1 Å². The first-order valence-corrected chi connectivity index (χ1v) is 8.51. The second-order valence-electron chi connectivity index (χ2n) is 6.42. The molecule has 21 heavy (non-hydrogen) atoms. The predicted molar refractivity (Wildman–Crippen MR) is 89.4 cm³/mol. The molecule has 2 unspecified atom stereocenters. The quantitative estimate of drug-likeness (QED) is 0.827. The van der Waals surface area contributed by atoms with Crippen molar-refractivity contribution in [2.45, 2.75) is 64.8 Å². The van der Waals surface area contributed by atoms with E-state index in [0.29, 0.717) is 6.04 Å². The highest BCUT2D eigenvalue weighted by molar-refractivity contribution is 5.79. The molecule has 1 aliphatic rings. The molecule has 2 N–H and O–H groups in total. The van der Waals surface area contributed by atoms with Crippen molar-refractivity contribution in [2.24, 2.45) is 5.92 Å². The largest absolute Gasteiger partial charge is 0.399 e. The van der Waals surface area contributed by atoms with Crippen molar-refractivity contribution in [1.82, 2.24) is 9.55 Å². The van der Waals surface area contributed by atoms with Gasteiger partial charge in [-0.15, -0.1) is 0 Å². The molecule has 3 nitrogen and oxygen atoms in total. The molecule has 3 rings (SSSR count). The van der Waals surface area contributed by atoms with Crippen LogP contribution in [0.2, 0.25) is 0 Å². The monoisotopic (exact) mass is 285 g/mol. The number of aromatic nitrogens is 2. The fourth-order valence-corrected chi connectivity index (χ4v) is 3.94. The first kappa shape index (κ1) is 14.4. The smallest absolute Gasteiger partial charge is 0.110 e. The van der Waals surface area contributed by atoms with E-state index < -0.39 is 0 Å². The zero-order valence-corrected chi connectivity index (χ0v) is 13.3. The predicted octanol–water partition coefficient (Wildman–Crippen LogP) is 4.71. The summed E-state index contributed by atoms with van der Waals surface area (Å²) in [6.45, 7) is 4.57. The lowest BCUT2D eigenvalue weighted by atomic mass is 9.82. The molecule has 1 aromatic carbocycles. The third-order valence-corrected chi connectivity index (χ3v) is 4.99. The minimum Gasteiger partial charge on any atom is -0.399 e. The van der Waals surface area contributed by atoms with E-state index in [2.05, 4.69) is 24.5 Å². The van der Waals surface area contributed by atoms with E-state index in [-0.39, 0.29) is 0 Å². The molecule has 0 aliphatic heterocycles. The Kier molecular flexibility index (Phi) is 4.18. The summed E-state index contributed by atoms with van der Waals surface area (Å²) in [5.74, 6) is 2.05. The third kappa shape index (κ3) is 2.66. The lowest BCUT2D eigenvalue weighted by Gasteiger charge is -2.33. The Bertz CT molecular complexity index is 614. The highest BCUT2D eigenvalue weighted by Gasteiger charge is 2.28. The Morgan fingerprint density at radius 1 is 1.24 bits per heavy atom. The molecule has 1 heterocycles. The van der Waals surface area contributed by atoms with Crippen molar-refractivity contribution in [3.8, 4) is 0 Å². The van der Waals surface area contributed by atoms with Gasteiger partial charge in [-0.3, -0.25) is 0 Å². The third-order valence-electron chi connectivity index (χ3n) is 4.99. The maximum Gasteiger partial charge on any atom is 0.110 e. The van der Waals surface area contributed by atoms with Crippen LogP contribution in [0.1, 0.15) is 64.2 Å². The molecule has 1 fully saturated rings. The second-order valence-corrected chi connectivity index (χ2v) is 6.42. The van der Waals surface area contributed by atoms with Crippen LogP contribution in [0.25, 0.3) is 11.0 Å². The standard InChI is InChI=1S/C18H27N3/c1-3-7-18-20-15-12-14(19)10-11-17(15)21(18)16-9-6-5-8-13(16)4-2/h10-13,16H,3-9,19H2,1-2H3. The zero-order chi connectivity index (χ0) is 14.8. The zero-order valence-electron chi connectivity index (χ0n) is 13.3. The summed E-state index contributed by atoms with van der Waals surface area (Å²) in [4.78, 5) is 4.89. The normalized spacial score (nSPS) is 22.8. The van der Waals surface area contributed by atoms with Crippen LogP contribution in [-0.4, -0.2) is 9.55 Å². The Balaban J connectivity index is 2.11. The molecule has 0 amide bonds. The van der Waals surface area contributed by atoms with Crippen LogP contribution in [0.4, 0.5) is 5.69 Å². The Hall–Kier alpha value is -1.51. The number of benzene rings is 1. The number of hydrogen-bond acceptors (Lipinski definition) is 2. The molecule has 3 heteroatoms. The Morgan fingerprint density at radius 2 is 2.05 bits per heavy atom. The summed E-state index contributed by atoms with van der Waals surface area (Å²) in [5, 5.41) is 0. The number of hydrogen-bond donors (Lipinski definition) is 1. The molecule has 1 aliphatic carbocycles. The second kappa shape index (κ2) is 6.08. The van der Waals surface area contributed by atoms with E-state index >= 15 is 0 Å². The van der Waals surface area contributed by atoms with Gasteiger partial charge in [0.25, 0.3) is 0 Å². The minimum absolute atomic E-state index is 0.624. The summed E-state index contributed by atoms with van der Waals surface area (Å²) in [5.41, 5.74) is 9.10. The number of aryl methyl sites for hydroxylation is 1. The van der Waals surface area contributed by atoms with Gasteiger partial charge in [-0.05, 0) is 43.4 Å². The van der Waals surface area contributed by atoms with E-state index in [1.54, 1.807) is 0 Å². The van der Waals surface area contributed by atoms with Gasteiger partial charge in [-0.25, -0.2) is 4.98 Å². The lowest BCUT2D eigenvalue weighted by Crippen LogP contribution is -2.24. The first-order valence-electron chi connectivity index (χ1n) is 8.51. The summed E-state index contributed by atoms with van der Waals surface area (Å²) in [6.07, 6.45) is 8.86. The van der Waals surface area contributed by atoms with Crippen LogP contribution in [0, 0.1) is 5.92 Å².